The summed E-state index contributed by atoms with van der Waals surface area (Å²) in [6.45, 7) is 0. The van der Waals surface area contributed by atoms with Gasteiger partial charge in [0, 0.05) is 37.3 Å². The maximum absolute atomic E-state index is 12.7. The molecule has 0 unspecified atom stereocenters. The fourth-order valence-electron chi connectivity index (χ4n) is 3.20. The monoisotopic (exact) mass is 332 g/mol. The second-order valence-corrected chi connectivity index (χ2v) is 7.21. The lowest BCUT2D eigenvalue weighted by Gasteiger charge is -2.29. The van der Waals surface area contributed by atoms with Crippen molar-refractivity contribution in [3.8, 4) is 10.6 Å². The molecule has 0 aromatic carbocycles. The summed E-state index contributed by atoms with van der Waals surface area (Å²) in [6, 6.07) is 0.353. The van der Waals surface area contributed by atoms with Crippen molar-refractivity contribution in [3.63, 3.8) is 0 Å². The third kappa shape index (κ3) is 3.80. The molecule has 0 radical (unpaired) electrons. The van der Waals surface area contributed by atoms with E-state index in [-0.39, 0.29) is 5.91 Å². The van der Waals surface area contributed by atoms with E-state index in [0.29, 0.717) is 11.7 Å². The largest absolute Gasteiger partial charge is 0.337 e. The van der Waals surface area contributed by atoms with Crippen molar-refractivity contribution in [2.24, 2.45) is 7.05 Å². The summed E-state index contributed by atoms with van der Waals surface area (Å²) in [5, 5.41) is 6.88. The normalized spacial score (nSPS) is 16.8. The second kappa shape index (κ2) is 7.25. The van der Waals surface area contributed by atoms with Gasteiger partial charge in [-0.1, -0.05) is 32.1 Å². The zero-order valence-electron chi connectivity index (χ0n) is 13.9. The van der Waals surface area contributed by atoms with Crippen LogP contribution < -0.4 is 0 Å². The molecular formula is C17H24N4OS. The van der Waals surface area contributed by atoms with Gasteiger partial charge in [0.15, 0.2) is 0 Å². The van der Waals surface area contributed by atoms with Gasteiger partial charge in [-0.25, -0.2) is 4.98 Å². The van der Waals surface area contributed by atoms with Gasteiger partial charge in [0.1, 0.15) is 10.7 Å². The Kier molecular flexibility index (Phi) is 5.10. The average molecular weight is 332 g/mol. The third-order valence-electron chi connectivity index (χ3n) is 4.62. The topological polar surface area (TPSA) is 51.0 Å². The highest BCUT2D eigenvalue weighted by Crippen LogP contribution is 2.25. The first-order valence-corrected chi connectivity index (χ1v) is 9.25. The van der Waals surface area contributed by atoms with E-state index >= 15 is 0 Å². The molecule has 1 saturated carbocycles. The Balaban J connectivity index is 1.70. The van der Waals surface area contributed by atoms with Crippen molar-refractivity contribution in [3.05, 3.63) is 23.5 Å². The van der Waals surface area contributed by atoms with Crippen molar-refractivity contribution in [1.29, 1.82) is 0 Å². The lowest BCUT2D eigenvalue weighted by molar-refractivity contribution is 0.0701. The quantitative estimate of drug-likeness (QED) is 0.860. The van der Waals surface area contributed by atoms with Crippen LogP contribution in [0.4, 0.5) is 0 Å². The van der Waals surface area contributed by atoms with Crippen LogP contribution in [-0.2, 0) is 7.05 Å². The maximum Gasteiger partial charge on any atom is 0.273 e. The van der Waals surface area contributed by atoms with Crippen LogP contribution in [0, 0.1) is 0 Å². The fraction of sp³-hybridized carbons (Fsp3) is 0.588. The molecule has 0 saturated heterocycles. The van der Waals surface area contributed by atoms with Crippen molar-refractivity contribution < 1.29 is 4.79 Å². The molecule has 0 atom stereocenters. The van der Waals surface area contributed by atoms with Gasteiger partial charge in [0.2, 0.25) is 0 Å². The molecule has 3 rings (SSSR count). The number of aryl methyl sites for hydroxylation is 1. The van der Waals surface area contributed by atoms with Gasteiger partial charge in [-0.3, -0.25) is 9.48 Å². The van der Waals surface area contributed by atoms with E-state index in [0.717, 1.165) is 23.4 Å². The number of aromatic nitrogens is 3. The highest BCUT2D eigenvalue weighted by atomic mass is 32.1. The minimum atomic E-state index is 0.0435. The van der Waals surface area contributed by atoms with Crippen LogP contribution in [0.15, 0.2) is 17.8 Å². The number of thiazole rings is 1. The van der Waals surface area contributed by atoms with Crippen LogP contribution in [0.2, 0.25) is 0 Å². The number of hydrogen-bond donors (Lipinski definition) is 0. The van der Waals surface area contributed by atoms with Crippen LogP contribution >= 0.6 is 11.3 Å². The number of nitrogens with zero attached hydrogens (tertiary/aromatic N) is 4. The Morgan fingerprint density at radius 2 is 1.96 bits per heavy atom. The van der Waals surface area contributed by atoms with Crippen LogP contribution in [0.3, 0.4) is 0 Å². The Morgan fingerprint density at radius 3 is 2.61 bits per heavy atom. The molecule has 2 heterocycles. The number of rotatable bonds is 3. The van der Waals surface area contributed by atoms with Crippen molar-refractivity contribution in [2.45, 2.75) is 51.0 Å². The molecule has 1 aliphatic rings. The molecule has 2 aromatic rings. The third-order valence-corrected chi connectivity index (χ3v) is 5.51. The molecule has 124 valence electrons. The summed E-state index contributed by atoms with van der Waals surface area (Å²) in [6.07, 6.45) is 12.3. The second-order valence-electron chi connectivity index (χ2n) is 6.36. The molecule has 1 aliphatic carbocycles. The fourth-order valence-corrected chi connectivity index (χ4v) is 3.97. The van der Waals surface area contributed by atoms with E-state index in [1.54, 1.807) is 10.9 Å². The standard InChI is InChI=1S/C17H24N4OS/c1-20-11-13(10-18-20)16-19-15(12-23-16)17(22)21(2)14-8-6-4-3-5-7-9-14/h10-12,14H,3-9H2,1-2H3. The first kappa shape index (κ1) is 16.2. The first-order valence-electron chi connectivity index (χ1n) is 8.37. The highest BCUT2D eigenvalue weighted by molar-refractivity contribution is 7.13. The summed E-state index contributed by atoms with van der Waals surface area (Å²) in [7, 11) is 3.81. The first-order chi connectivity index (χ1) is 11.1. The molecule has 6 heteroatoms. The lowest BCUT2D eigenvalue weighted by atomic mass is 9.96. The lowest BCUT2D eigenvalue weighted by Crippen LogP contribution is -2.37. The zero-order valence-corrected chi connectivity index (χ0v) is 14.7. The molecule has 23 heavy (non-hydrogen) atoms. The van der Waals surface area contributed by atoms with Gasteiger partial charge < -0.3 is 4.90 Å². The van der Waals surface area contributed by atoms with Crippen LogP contribution in [-0.4, -0.2) is 38.7 Å². The Hall–Kier alpha value is -1.69. The summed E-state index contributed by atoms with van der Waals surface area (Å²) in [5.41, 5.74) is 1.52. The van der Waals surface area contributed by atoms with Crippen LogP contribution in [0.25, 0.3) is 10.6 Å². The number of amides is 1. The molecule has 1 fully saturated rings. The number of carbonyl (C=O) groups is 1. The number of hydrogen-bond acceptors (Lipinski definition) is 4. The van der Waals surface area contributed by atoms with Gasteiger partial charge in [-0.2, -0.15) is 5.10 Å². The molecular weight excluding hydrogens is 308 g/mol. The Morgan fingerprint density at radius 1 is 1.26 bits per heavy atom. The van der Waals surface area contributed by atoms with Crippen molar-refractivity contribution in [2.75, 3.05) is 7.05 Å². The molecule has 0 N–H and O–H groups in total. The summed E-state index contributed by atoms with van der Waals surface area (Å²) >= 11 is 1.50. The molecule has 2 aromatic heterocycles. The summed E-state index contributed by atoms with van der Waals surface area (Å²) in [5.74, 6) is 0.0435. The average Bonchev–Trinajstić information content (AvgIpc) is 3.14. The van der Waals surface area contributed by atoms with E-state index in [1.807, 2.05) is 30.6 Å². The van der Waals surface area contributed by atoms with Crippen LogP contribution in [0.5, 0.6) is 0 Å². The van der Waals surface area contributed by atoms with Gasteiger partial charge >= 0.3 is 0 Å². The molecule has 0 spiro atoms. The predicted molar refractivity (Wildman–Crippen MR) is 92.5 cm³/mol. The Bertz CT molecular complexity index is 655. The van der Waals surface area contributed by atoms with E-state index in [2.05, 4.69) is 10.1 Å². The number of carbonyl (C=O) groups excluding carboxylic acids is 1. The summed E-state index contributed by atoms with van der Waals surface area (Å²) < 4.78 is 1.75. The van der Waals surface area contributed by atoms with Gasteiger partial charge in [0.25, 0.3) is 5.91 Å². The Labute approximate surface area is 141 Å². The highest BCUT2D eigenvalue weighted by Gasteiger charge is 2.23. The zero-order chi connectivity index (χ0) is 16.2. The van der Waals surface area contributed by atoms with E-state index in [9.17, 15) is 4.79 Å². The van der Waals surface area contributed by atoms with Crippen molar-refractivity contribution >= 4 is 17.2 Å². The minimum Gasteiger partial charge on any atom is -0.337 e. The molecule has 0 bridgehead atoms. The summed E-state index contributed by atoms with van der Waals surface area (Å²) in [4.78, 5) is 19.2. The van der Waals surface area contributed by atoms with E-state index in [1.165, 1.54) is 43.4 Å². The SMILES string of the molecule is CN(C(=O)c1csc(-c2cnn(C)c2)n1)C1CCCCCCC1. The van der Waals surface area contributed by atoms with Crippen molar-refractivity contribution in [1.82, 2.24) is 19.7 Å². The maximum atomic E-state index is 12.7. The van der Waals surface area contributed by atoms with E-state index in [4.69, 9.17) is 0 Å². The molecule has 5 nitrogen and oxygen atoms in total. The van der Waals surface area contributed by atoms with Crippen LogP contribution in [0.1, 0.15) is 55.4 Å². The molecule has 0 aliphatic heterocycles. The predicted octanol–water partition coefficient (Wildman–Crippen LogP) is 3.73. The smallest absolute Gasteiger partial charge is 0.273 e. The molecule has 1 amide bonds. The van der Waals surface area contributed by atoms with Gasteiger partial charge in [-0.15, -0.1) is 11.3 Å². The minimum absolute atomic E-state index is 0.0435. The van der Waals surface area contributed by atoms with Gasteiger partial charge in [-0.05, 0) is 12.8 Å². The van der Waals surface area contributed by atoms with Gasteiger partial charge in [0.05, 0.1) is 6.20 Å². The van der Waals surface area contributed by atoms with E-state index < -0.39 is 0 Å².